The zero-order valence-corrected chi connectivity index (χ0v) is 14.5. The van der Waals surface area contributed by atoms with E-state index in [1.165, 1.54) is 0 Å². The Labute approximate surface area is 154 Å². The highest BCUT2D eigenvalue weighted by Gasteiger charge is 2.27. The van der Waals surface area contributed by atoms with Gasteiger partial charge in [0.05, 0.1) is 12.1 Å². The quantitative estimate of drug-likeness (QED) is 0.651. The lowest BCUT2D eigenvalue weighted by Crippen LogP contribution is -2.26. The van der Waals surface area contributed by atoms with Crippen molar-refractivity contribution >= 4 is 28.3 Å². The van der Waals surface area contributed by atoms with Crippen LogP contribution in [0.25, 0.3) is 10.9 Å². The van der Waals surface area contributed by atoms with Crippen LogP contribution < -0.4 is 9.64 Å². The van der Waals surface area contributed by atoms with Gasteiger partial charge in [-0.25, -0.2) is 18.7 Å². The van der Waals surface area contributed by atoms with E-state index in [4.69, 9.17) is 16.3 Å². The van der Waals surface area contributed by atoms with Crippen LogP contribution in [0.4, 0.5) is 14.6 Å². The summed E-state index contributed by atoms with van der Waals surface area (Å²) in [5.41, 5.74) is 0.520. The zero-order chi connectivity index (χ0) is 18.1. The molecule has 1 aliphatic heterocycles. The lowest BCUT2D eigenvalue weighted by molar-refractivity contribution is 0.141. The van der Waals surface area contributed by atoms with Crippen molar-refractivity contribution < 1.29 is 13.5 Å². The van der Waals surface area contributed by atoms with Crippen LogP contribution in [0.5, 0.6) is 5.75 Å². The van der Waals surface area contributed by atoms with E-state index in [0.717, 1.165) is 11.8 Å². The van der Waals surface area contributed by atoms with Gasteiger partial charge in [0.25, 0.3) is 6.43 Å². The van der Waals surface area contributed by atoms with Crippen LogP contribution in [-0.2, 0) is 0 Å². The fourth-order valence-electron chi connectivity index (χ4n) is 3.17. The van der Waals surface area contributed by atoms with Crippen LogP contribution in [-0.4, -0.2) is 29.2 Å². The van der Waals surface area contributed by atoms with Gasteiger partial charge in [0.2, 0.25) is 0 Å². The number of benzene rings is 2. The molecule has 1 aliphatic rings. The molecule has 1 aromatic heterocycles. The van der Waals surface area contributed by atoms with E-state index in [1.54, 1.807) is 24.3 Å². The maximum Gasteiger partial charge on any atom is 0.297 e. The molecule has 4 rings (SSSR count). The highest BCUT2D eigenvalue weighted by atomic mass is 35.5. The van der Waals surface area contributed by atoms with Crippen LogP contribution in [0.3, 0.4) is 0 Å². The minimum Gasteiger partial charge on any atom is -0.488 e. The number of rotatable bonds is 4. The number of halogens is 3. The molecule has 1 fully saturated rings. The van der Waals surface area contributed by atoms with Crippen LogP contribution in [0.2, 0.25) is 5.02 Å². The van der Waals surface area contributed by atoms with Gasteiger partial charge in [0.1, 0.15) is 17.7 Å². The first-order valence-corrected chi connectivity index (χ1v) is 8.70. The third-order valence-corrected chi connectivity index (χ3v) is 4.57. The molecule has 4 nitrogen and oxygen atoms in total. The van der Waals surface area contributed by atoms with Crippen molar-refractivity contribution in [3.8, 4) is 5.75 Å². The van der Waals surface area contributed by atoms with Gasteiger partial charge in [-0.3, -0.25) is 0 Å². The number of para-hydroxylation sites is 1. The fourth-order valence-corrected chi connectivity index (χ4v) is 3.35. The topological polar surface area (TPSA) is 38.2 Å². The largest absolute Gasteiger partial charge is 0.488 e. The second kappa shape index (κ2) is 7.03. The van der Waals surface area contributed by atoms with Gasteiger partial charge in [-0.15, -0.1) is 0 Å². The molecule has 0 N–H and O–H groups in total. The van der Waals surface area contributed by atoms with Gasteiger partial charge in [-0.2, -0.15) is 0 Å². The van der Waals surface area contributed by atoms with Crippen molar-refractivity contribution in [3.63, 3.8) is 0 Å². The SMILES string of the molecule is FC(F)c1nc(N2CCC(Oc3cccc(Cl)c3)C2)c2ccccc2n1. The molecule has 0 spiro atoms. The Kier molecular flexibility index (Phi) is 4.59. The molecule has 0 amide bonds. The second-order valence-electron chi connectivity index (χ2n) is 6.16. The maximum absolute atomic E-state index is 13.2. The Bertz CT molecular complexity index is 938. The summed E-state index contributed by atoms with van der Waals surface area (Å²) in [5.74, 6) is 0.783. The molecule has 0 bridgehead atoms. The Balaban J connectivity index is 1.60. The van der Waals surface area contributed by atoms with E-state index < -0.39 is 12.2 Å². The number of hydrogen-bond acceptors (Lipinski definition) is 4. The summed E-state index contributed by atoms with van der Waals surface area (Å²) in [6, 6.07) is 14.4. The van der Waals surface area contributed by atoms with Crippen molar-refractivity contribution in [3.05, 3.63) is 59.4 Å². The molecule has 1 unspecified atom stereocenters. The molecule has 134 valence electrons. The minimum absolute atomic E-state index is 0.0582. The average Bonchev–Trinajstić information content (AvgIpc) is 3.09. The summed E-state index contributed by atoms with van der Waals surface area (Å²) in [4.78, 5) is 10.1. The third-order valence-electron chi connectivity index (χ3n) is 4.34. The molecular formula is C19H16ClF2N3O. The molecule has 7 heteroatoms. The third kappa shape index (κ3) is 3.42. The van der Waals surface area contributed by atoms with Crippen molar-refractivity contribution in [2.24, 2.45) is 0 Å². The molecule has 0 aliphatic carbocycles. The predicted molar refractivity (Wildman–Crippen MR) is 97.2 cm³/mol. The zero-order valence-electron chi connectivity index (χ0n) is 13.8. The van der Waals surface area contributed by atoms with Crippen LogP contribution in [0.15, 0.2) is 48.5 Å². The van der Waals surface area contributed by atoms with E-state index in [-0.39, 0.29) is 6.10 Å². The Morgan fingerprint density at radius 2 is 1.96 bits per heavy atom. The number of hydrogen-bond donors (Lipinski definition) is 0. The smallest absolute Gasteiger partial charge is 0.297 e. The molecular weight excluding hydrogens is 360 g/mol. The summed E-state index contributed by atoms with van der Waals surface area (Å²) in [6.45, 7) is 1.24. The minimum atomic E-state index is -2.71. The first-order valence-electron chi connectivity index (χ1n) is 8.32. The van der Waals surface area contributed by atoms with Gasteiger partial charge in [-0.1, -0.05) is 29.8 Å². The predicted octanol–water partition coefficient (Wildman–Crippen LogP) is 4.88. The molecule has 0 radical (unpaired) electrons. The number of nitrogens with zero attached hydrogens (tertiary/aromatic N) is 3. The van der Waals surface area contributed by atoms with Crippen molar-refractivity contribution in [1.82, 2.24) is 9.97 Å². The fraction of sp³-hybridized carbons (Fsp3) is 0.263. The number of fused-ring (bicyclic) bond motifs is 1. The summed E-state index contributed by atoms with van der Waals surface area (Å²) in [5, 5.41) is 1.38. The van der Waals surface area contributed by atoms with Gasteiger partial charge in [0.15, 0.2) is 5.82 Å². The summed E-state index contributed by atoms with van der Waals surface area (Å²) < 4.78 is 32.3. The van der Waals surface area contributed by atoms with Gasteiger partial charge in [-0.05, 0) is 30.3 Å². The van der Waals surface area contributed by atoms with E-state index in [1.807, 2.05) is 29.2 Å². The van der Waals surface area contributed by atoms with Crippen LogP contribution >= 0.6 is 11.6 Å². The standard InChI is InChI=1S/C19H16ClF2N3O/c20-12-4-3-5-13(10-12)26-14-8-9-25(11-14)19-15-6-1-2-7-16(15)23-18(24-19)17(21)22/h1-7,10,14,17H,8-9,11H2. The first-order chi connectivity index (χ1) is 12.6. The highest BCUT2D eigenvalue weighted by molar-refractivity contribution is 6.30. The molecule has 0 saturated carbocycles. The Hall–Kier alpha value is -2.47. The average molecular weight is 376 g/mol. The second-order valence-corrected chi connectivity index (χ2v) is 6.59. The van der Waals surface area contributed by atoms with Gasteiger partial charge >= 0.3 is 0 Å². The van der Waals surface area contributed by atoms with Gasteiger partial charge < -0.3 is 9.64 Å². The summed E-state index contributed by atoms with van der Waals surface area (Å²) >= 11 is 5.99. The van der Waals surface area contributed by atoms with Crippen molar-refractivity contribution in [2.75, 3.05) is 18.0 Å². The Morgan fingerprint density at radius 3 is 2.77 bits per heavy atom. The summed E-state index contributed by atoms with van der Waals surface area (Å²) in [6.07, 6.45) is -1.99. The number of alkyl halides is 2. The molecule has 2 heterocycles. The number of aromatic nitrogens is 2. The normalized spacial score (nSPS) is 17.2. The van der Waals surface area contributed by atoms with E-state index in [9.17, 15) is 8.78 Å². The van der Waals surface area contributed by atoms with E-state index in [2.05, 4.69) is 9.97 Å². The Morgan fingerprint density at radius 1 is 1.12 bits per heavy atom. The molecule has 26 heavy (non-hydrogen) atoms. The maximum atomic E-state index is 13.2. The van der Waals surface area contributed by atoms with Crippen LogP contribution in [0.1, 0.15) is 18.7 Å². The lowest BCUT2D eigenvalue weighted by Gasteiger charge is -2.20. The molecule has 1 atom stereocenters. The van der Waals surface area contributed by atoms with Crippen molar-refractivity contribution in [1.29, 1.82) is 0 Å². The molecule has 1 saturated heterocycles. The first kappa shape index (κ1) is 17.0. The number of ether oxygens (including phenoxy) is 1. The molecule has 3 aromatic rings. The van der Waals surface area contributed by atoms with Crippen LogP contribution in [0, 0.1) is 0 Å². The van der Waals surface area contributed by atoms with Crippen molar-refractivity contribution in [2.45, 2.75) is 19.0 Å². The van der Waals surface area contributed by atoms with E-state index >= 15 is 0 Å². The highest BCUT2D eigenvalue weighted by Crippen LogP contribution is 2.30. The lowest BCUT2D eigenvalue weighted by atomic mass is 10.2. The van der Waals surface area contributed by atoms with E-state index in [0.29, 0.717) is 35.2 Å². The summed E-state index contributed by atoms with van der Waals surface area (Å²) in [7, 11) is 0. The number of anilines is 1. The van der Waals surface area contributed by atoms with Gasteiger partial charge in [0, 0.05) is 23.4 Å². The monoisotopic (exact) mass is 375 g/mol. The molecule has 2 aromatic carbocycles.